The normalized spacial score (nSPS) is 10.1. The van der Waals surface area contributed by atoms with Crippen LogP contribution in [0.25, 0.3) is 0 Å². The average molecular weight is 272 g/mol. The Morgan fingerprint density at radius 3 is 2.80 bits per heavy atom. The highest BCUT2D eigenvalue weighted by Crippen LogP contribution is 2.29. The maximum absolute atomic E-state index is 12.0. The summed E-state index contributed by atoms with van der Waals surface area (Å²) < 4.78 is 4.97. The third-order valence-electron chi connectivity index (χ3n) is 2.89. The van der Waals surface area contributed by atoms with Gasteiger partial charge in [-0.15, -0.1) is 0 Å². The fourth-order valence-corrected chi connectivity index (χ4v) is 1.75. The lowest BCUT2D eigenvalue weighted by atomic mass is 10.1. The van der Waals surface area contributed by atoms with E-state index < -0.39 is 0 Å². The Kier molecular flexibility index (Phi) is 4.20. The second-order valence-corrected chi connectivity index (χ2v) is 4.35. The number of aromatic nitrogens is 1. The average Bonchev–Trinajstić information content (AvgIpc) is 2.46. The number of ether oxygens (including phenoxy) is 1. The lowest BCUT2D eigenvalue weighted by molar-refractivity contribution is 0.0947. The highest BCUT2D eigenvalue weighted by Gasteiger charge is 2.14. The Balaban J connectivity index is 2.07. The molecule has 0 aliphatic carbocycles. The van der Waals surface area contributed by atoms with Gasteiger partial charge in [0.1, 0.15) is 0 Å². The van der Waals surface area contributed by atoms with Crippen LogP contribution in [0.15, 0.2) is 36.5 Å². The molecule has 0 saturated heterocycles. The molecule has 5 heteroatoms. The first kappa shape index (κ1) is 13.9. The zero-order chi connectivity index (χ0) is 14.5. The number of aryl methyl sites for hydroxylation is 1. The molecule has 5 nitrogen and oxygen atoms in total. The van der Waals surface area contributed by atoms with Crippen LogP contribution >= 0.6 is 0 Å². The summed E-state index contributed by atoms with van der Waals surface area (Å²) in [4.78, 5) is 16.2. The van der Waals surface area contributed by atoms with Gasteiger partial charge in [-0.2, -0.15) is 0 Å². The maximum atomic E-state index is 12.0. The molecule has 2 N–H and O–H groups in total. The molecule has 104 valence electrons. The Labute approximate surface area is 117 Å². The van der Waals surface area contributed by atoms with Gasteiger partial charge in [0, 0.05) is 18.4 Å². The smallest absolute Gasteiger partial charge is 0.255 e. The van der Waals surface area contributed by atoms with Crippen LogP contribution in [-0.2, 0) is 6.54 Å². The molecule has 0 bridgehead atoms. The van der Waals surface area contributed by atoms with E-state index in [0.29, 0.717) is 6.54 Å². The number of carbonyl (C=O) groups excluding carboxylic acids is 1. The van der Waals surface area contributed by atoms with E-state index in [1.807, 2.05) is 19.1 Å². The molecule has 0 aliphatic rings. The monoisotopic (exact) mass is 272 g/mol. The van der Waals surface area contributed by atoms with Gasteiger partial charge in [-0.1, -0.05) is 12.1 Å². The minimum absolute atomic E-state index is 0.158. The minimum Gasteiger partial charge on any atom is -0.504 e. The summed E-state index contributed by atoms with van der Waals surface area (Å²) in [7, 11) is 1.44. The Bertz CT molecular complexity index is 609. The highest BCUT2D eigenvalue weighted by atomic mass is 16.5. The van der Waals surface area contributed by atoms with Crippen molar-refractivity contribution in [2.75, 3.05) is 7.11 Å². The van der Waals surface area contributed by atoms with Crippen molar-refractivity contribution in [2.24, 2.45) is 0 Å². The number of phenolic OH excluding ortho intramolecular Hbond substituents is 1. The van der Waals surface area contributed by atoms with Crippen LogP contribution in [0.2, 0.25) is 0 Å². The van der Waals surface area contributed by atoms with Crippen molar-refractivity contribution in [2.45, 2.75) is 13.5 Å². The Hall–Kier alpha value is -2.56. The molecule has 1 aromatic heterocycles. The predicted molar refractivity (Wildman–Crippen MR) is 74.8 cm³/mol. The molecule has 0 unspecified atom stereocenters. The molecule has 1 aromatic carbocycles. The first-order chi connectivity index (χ1) is 9.61. The fraction of sp³-hybridized carbons (Fsp3) is 0.200. The summed E-state index contributed by atoms with van der Waals surface area (Å²) in [6, 6.07) is 8.57. The molecule has 1 heterocycles. The number of benzene rings is 1. The van der Waals surface area contributed by atoms with Gasteiger partial charge in [0.15, 0.2) is 11.5 Å². The van der Waals surface area contributed by atoms with Gasteiger partial charge in [-0.25, -0.2) is 0 Å². The van der Waals surface area contributed by atoms with E-state index in [0.717, 1.165) is 11.3 Å². The molecular formula is C15H16N2O3. The number of amides is 1. The number of carbonyl (C=O) groups is 1. The standard InChI is InChI=1S/C15H16N2O3/c1-10-6-7-11(8-16-10)9-17-15(19)12-4-3-5-13(20-2)14(12)18/h3-8,18H,9H2,1-2H3,(H,17,19). The zero-order valence-corrected chi connectivity index (χ0v) is 11.4. The van der Waals surface area contributed by atoms with Crippen LogP contribution in [0.3, 0.4) is 0 Å². The SMILES string of the molecule is COc1cccc(C(=O)NCc2ccc(C)nc2)c1O. The number of phenols is 1. The first-order valence-corrected chi connectivity index (χ1v) is 6.17. The first-order valence-electron chi connectivity index (χ1n) is 6.17. The lowest BCUT2D eigenvalue weighted by Gasteiger charge is -2.09. The second kappa shape index (κ2) is 6.06. The summed E-state index contributed by atoms with van der Waals surface area (Å²) in [5.74, 6) is -0.244. The van der Waals surface area contributed by atoms with Gasteiger partial charge in [-0.05, 0) is 30.7 Å². The molecule has 0 saturated carbocycles. The molecule has 0 radical (unpaired) electrons. The maximum Gasteiger partial charge on any atom is 0.255 e. The third kappa shape index (κ3) is 3.06. The summed E-state index contributed by atoms with van der Waals surface area (Å²) in [5, 5.41) is 12.6. The minimum atomic E-state index is -0.359. The molecule has 1 amide bonds. The highest BCUT2D eigenvalue weighted by molar-refractivity contribution is 5.97. The predicted octanol–water partition coefficient (Wildman–Crippen LogP) is 2.03. The van der Waals surface area contributed by atoms with Gasteiger partial charge in [0.2, 0.25) is 0 Å². The van der Waals surface area contributed by atoms with E-state index in [1.54, 1.807) is 24.4 Å². The van der Waals surface area contributed by atoms with E-state index in [-0.39, 0.29) is 23.0 Å². The number of nitrogens with zero attached hydrogens (tertiary/aromatic N) is 1. The van der Waals surface area contributed by atoms with Crippen molar-refractivity contribution in [3.63, 3.8) is 0 Å². The van der Waals surface area contributed by atoms with Gasteiger partial charge < -0.3 is 15.2 Å². The number of methoxy groups -OCH3 is 1. The van der Waals surface area contributed by atoms with E-state index in [2.05, 4.69) is 10.3 Å². The van der Waals surface area contributed by atoms with Crippen LogP contribution < -0.4 is 10.1 Å². The van der Waals surface area contributed by atoms with E-state index in [1.165, 1.54) is 7.11 Å². The van der Waals surface area contributed by atoms with Crippen LogP contribution in [0.1, 0.15) is 21.6 Å². The number of aromatic hydroxyl groups is 1. The van der Waals surface area contributed by atoms with E-state index in [9.17, 15) is 9.90 Å². The summed E-state index contributed by atoms with van der Waals surface area (Å²) >= 11 is 0. The number of hydrogen-bond acceptors (Lipinski definition) is 4. The van der Waals surface area contributed by atoms with Gasteiger partial charge >= 0.3 is 0 Å². The summed E-state index contributed by atoms with van der Waals surface area (Å²) in [6.45, 7) is 2.25. The van der Waals surface area contributed by atoms with Crippen LogP contribution in [-0.4, -0.2) is 23.1 Å². The van der Waals surface area contributed by atoms with Crippen molar-refractivity contribution in [3.05, 3.63) is 53.3 Å². The summed E-state index contributed by atoms with van der Waals surface area (Å²) in [5.41, 5.74) is 2.00. The Morgan fingerprint density at radius 2 is 2.15 bits per heavy atom. The Morgan fingerprint density at radius 1 is 1.35 bits per heavy atom. The molecule has 0 fully saturated rings. The van der Waals surface area contributed by atoms with Crippen molar-refractivity contribution >= 4 is 5.91 Å². The van der Waals surface area contributed by atoms with Gasteiger partial charge in [0.25, 0.3) is 5.91 Å². The molecule has 2 aromatic rings. The van der Waals surface area contributed by atoms with Crippen LogP contribution in [0, 0.1) is 6.92 Å². The van der Waals surface area contributed by atoms with E-state index >= 15 is 0 Å². The van der Waals surface area contributed by atoms with Crippen molar-refractivity contribution < 1.29 is 14.6 Å². The molecule has 2 rings (SSSR count). The zero-order valence-electron chi connectivity index (χ0n) is 11.4. The number of hydrogen-bond donors (Lipinski definition) is 2. The second-order valence-electron chi connectivity index (χ2n) is 4.35. The topological polar surface area (TPSA) is 71.5 Å². The molecule has 0 spiro atoms. The van der Waals surface area contributed by atoms with Crippen molar-refractivity contribution in [1.29, 1.82) is 0 Å². The number of pyridine rings is 1. The van der Waals surface area contributed by atoms with Crippen LogP contribution in [0.5, 0.6) is 11.5 Å². The fourth-order valence-electron chi connectivity index (χ4n) is 1.75. The number of nitrogens with one attached hydrogen (secondary N) is 1. The van der Waals surface area contributed by atoms with Crippen molar-refractivity contribution in [1.82, 2.24) is 10.3 Å². The number of rotatable bonds is 4. The third-order valence-corrected chi connectivity index (χ3v) is 2.89. The molecule has 0 aliphatic heterocycles. The van der Waals surface area contributed by atoms with Gasteiger partial charge in [0.05, 0.1) is 12.7 Å². The van der Waals surface area contributed by atoms with E-state index in [4.69, 9.17) is 4.74 Å². The van der Waals surface area contributed by atoms with Crippen LogP contribution in [0.4, 0.5) is 0 Å². The molecular weight excluding hydrogens is 256 g/mol. The molecule has 20 heavy (non-hydrogen) atoms. The van der Waals surface area contributed by atoms with Crippen molar-refractivity contribution in [3.8, 4) is 11.5 Å². The lowest BCUT2D eigenvalue weighted by Crippen LogP contribution is -2.23. The quantitative estimate of drug-likeness (QED) is 0.893. The summed E-state index contributed by atoms with van der Waals surface area (Å²) in [6.07, 6.45) is 1.71. The molecule has 0 atom stereocenters. The van der Waals surface area contributed by atoms with Gasteiger partial charge in [-0.3, -0.25) is 9.78 Å². The largest absolute Gasteiger partial charge is 0.504 e. The number of para-hydroxylation sites is 1.